The summed E-state index contributed by atoms with van der Waals surface area (Å²) in [5, 5.41) is 12.8. The first-order valence-electron chi connectivity index (χ1n) is 9.24. The molecule has 1 unspecified atom stereocenters. The van der Waals surface area contributed by atoms with Gasteiger partial charge in [0.2, 0.25) is 21.8 Å². The number of aromatic hydroxyl groups is 1. The number of phenols is 1. The van der Waals surface area contributed by atoms with Crippen LogP contribution in [0.1, 0.15) is 32.6 Å². The fraction of sp³-hybridized carbons (Fsp3) is 0.556. The molecule has 148 valence electrons. The summed E-state index contributed by atoms with van der Waals surface area (Å²) in [6.07, 6.45) is 2.37. The molecular weight excluding hydrogens is 370 g/mol. The molecule has 1 aromatic rings. The molecule has 3 rings (SSSR count). The number of piperidine rings is 1. The zero-order valence-electron chi connectivity index (χ0n) is 15.3. The van der Waals surface area contributed by atoms with E-state index < -0.39 is 10.0 Å². The molecule has 2 heterocycles. The van der Waals surface area contributed by atoms with Crippen molar-refractivity contribution in [2.24, 2.45) is 5.92 Å². The van der Waals surface area contributed by atoms with Crippen molar-refractivity contribution in [1.29, 1.82) is 0 Å². The number of rotatable bonds is 4. The molecule has 0 aromatic heterocycles. The van der Waals surface area contributed by atoms with Gasteiger partial charge in [-0.25, -0.2) is 8.42 Å². The number of carbonyl (C=O) groups is 2. The highest BCUT2D eigenvalue weighted by molar-refractivity contribution is 7.93. The summed E-state index contributed by atoms with van der Waals surface area (Å²) in [5.74, 6) is -0.635. The summed E-state index contributed by atoms with van der Waals surface area (Å²) in [7, 11) is -3.34. The third kappa shape index (κ3) is 4.18. The van der Waals surface area contributed by atoms with E-state index >= 15 is 0 Å². The normalized spacial score (nSPS) is 21.9. The molecule has 1 atom stereocenters. The molecule has 0 bridgehead atoms. The van der Waals surface area contributed by atoms with E-state index in [-0.39, 0.29) is 34.9 Å². The van der Waals surface area contributed by atoms with E-state index in [1.54, 1.807) is 11.8 Å². The van der Waals surface area contributed by atoms with E-state index in [1.165, 1.54) is 22.5 Å². The van der Waals surface area contributed by atoms with Crippen LogP contribution in [0.15, 0.2) is 18.2 Å². The van der Waals surface area contributed by atoms with Crippen molar-refractivity contribution in [3.8, 4) is 5.75 Å². The summed E-state index contributed by atoms with van der Waals surface area (Å²) in [5.41, 5.74) is 0.602. The number of hydrogen-bond donors (Lipinski definition) is 2. The van der Waals surface area contributed by atoms with Crippen LogP contribution >= 0.6 is 0 Å². The van der Waals surface area contributed by atoms with Crippen LogP contribution in [0.5, 0.6) is 5.75 Å². The topological polar surface area (TPSA) is 107 Å². The first-order chi connectivity index (χ1) is 12.8. The van der Waals surface area contributed by atoms with Crippen LogP contribution in [0.25, 0.3) is 0 Å². The molecule has 0 spiro atoms. The van der Waals surface area contributed by atoms with Crippen molar-refractivity contribution in [3.63, 3.8) is 0 Å². The largest absolute Gasteiger partial charge is 0.506 e. The smallest absolute Gasteiger partial charge is 0.235 e. The minimum absolute atomic E-state index is 0.0246. The van der Waals surface area contributed by atoms with E-state index in [4.69, 9.17) is 0 Å². The van der Waals surface area contributed by atoms with Crippen LogP contribution in [-0.2, 0) is 19.6 Å². The maximum absolute atomic E-state index is 12.6. The van der Waals surface area contributed by atoms with Crippen molar-refractivity contribution >= 4 is 33.2 Å². The van der Waals surface area contributed by atoms with Crippen LogP contribution in [-0.4, -0.2) is 55.6 Å². The lowest BCUT2D eigenvalue weighted by Gasteiger charge is -2.32. The summed E-state index contributed by atoms with van der Waals surface area (Å²) in [6.45, 7) is 3.20. The molecular formula is C18H25N3O5S. The second-order valence-corrected chi connectivity index (χ2v) is 8.98. The molecule has 0 radical (unpaired) electrons. The standard InChI is InChI=1S/C18H25N3O5S/c1-2-17(23)20-8-3-5-13(12-20)18(24)19-15-11-14(6-7-16(15)22)21-9-4-10-27(21,25)26/h6-7,11,13,22H,2-5,8-10,12H2,1H3,(H,19,24). The van der Waals surface area contributed by atoms with Gasteiger partial charge in [-0.15, -0.1) is 0 Å². The molecule has 9 heteroatoms. The molecule has 2 aliphatic rings. The van der Waals surface area contributed by atoms with Gasteiger partial charge in [0.15, 0.2) is 0 Å². The second kappa shape index (κ2) is 7.75. The molecule has 2 saturated heterocycles. The first-order valence-corrected chi connectivity index (χ1v) is 10.8. The Balaban J connectivity index is 1.74. The molecule has 8 nitrogen and oxygen atoms in total. The van der Waals surface area contributed by atoms with Crippen molar-refractivity contribution < 1.29 is 23.1 Å². The van der Waals surface area contributed by atoms with Crippen molar-refractivity contribution in [1.82, 2.24) is 4.90 Å². The number of hydrogen-bond acceptors (Lipinski definition) is 5. The van der Waals surface area contributed by atoms with E-state index in [9.17, 15) is 23.1 Å². The molecule has 0 aliphatic carbocycles. The Bertz CT molecular complexity index is 839. The van der Waals surface area contributed by atoms with Gasteiger partial charge in [-0.1, -0.05) is 6.92 Å². The number of nitrogens with one attached hydrogen (secondary N) is 1. The van der Waals surface area contributed by atoms with Crippen LogP contribution in [0.2, 0.25) is 0 Å². The summed E-state index contributed by atoms with van der Waals surface area (Å²) in [4.78, 5) is 26.2. The Morgan fingerprint density at radius 1 is 1.26 bits per heavy atom. The van der Waals surface area contributed by atoms with Gasteiger partial charge in [0.05, 0.1) is 23.0 Å². The number of benzene rings is 1. The number of nitrogens with zero attached hydrogens (tertiary/aromatic N) is 2. The maximum Gasteiger partial charge on any atom is 0.235 e. The van der Waals surface area contributed by atoms with Crippen LogP contribution in [0, 0.1) is 5.92 Å². The molecule has 27 heavy (non-hydrogen) atoms. The predicted molar refractivity (Wildman–Crippen MR) is 102 cm³/mol. The van der Waals surface area contributed by atoms with Crippen molar-refractivity contribution in [2.75, 3.05) is 35.0 Å². The van der Waals surface area contributed by atoms with Gasteiger partial charge < -0.3 is 15.3 Å². The zero-order valence-corrected chi connectivity index (χ0v) is 16.2. The minimum atomic E-state index is -3.34. The number of sulfonamides is 1. The number of phenolic OH excluding ortho intramolecular Hbond substituents is 1. The third-order valence-electron chi connectivity index (χ3n) is 5.07. The number of anilines is 2. The zero-order chi connectivity index (χ0) is 19.6. The number of likely N-dealkylation sites (tertiary alicyclic amines) is 1. The lowest BCUT2D eigenvalue weighted by Crippen LogP contribution is -2.43. The number of carbonyl (C=O) groups excluding carboxylic acids is 2. The Kier molecular flexibility index (Phi) is 5.59. The Hall–Kier alpha value is -2.29. The molecule has 1 aromatic carbocycles. The highest BCUT2D eigenvalue weighted by atomic mass is 32.2. The van der Waals surface area contributed by atoms with Gasteiger partial charge in [-0.05, 0) is 37.5 Å². The van der Waals surface area contributed by atoms with E-state index in [0.29, 0.717) is 44.6 Å². The highest BCUT2D eigenvalue weighted by Gasteiger charge is 2.30. The second-order valence-electron chi connectivity index (χ2n) is 6.96. The van der Waals surface area contributed by atoms with E-state index in [0.717, 1.165) is 6.42 Å². The van der Waals surface area contributed by atoms with E-state index in [1.807, 2.05) is 0 Å². The molecule has 2 fully saturated rings. The predicted octanol–water partition coefficient (Wildman–Crippen LogP) is 1.52. The Morgan fingerprint density at radius 3 is 2.70 bits per heavy atom. The van der Waals surface area contributed by atoms with Gasteiger partial charge in [0.1, 0.15) is 5.75 Å². The van der Waals surface area contributed by atoms with Gasteiger partial charge in [0.25, 0.3) is 0 Å². The highest BCUT2D eigenvalue weighted by Crippen LogP contribution is 2.32. The lowest BCUT2D eigenvalue weighted by atomic mass is 9.96. The Labute approximate surface area is 159 Å². The summed E-state index contributed by atoms with van der Waals surface area (Å²) in [6, 6.07) is 4.39. The molecule has 0 saturated carbocycles. The molecule has 2 aliphatic heterocycles. The third-order valence-corrected chi connectivity index (χ3v) is 6.94. The molecule has 2 N–H and O–H groups in total. The average Bonchev–Trinajstić information content (AvgIpc) is 3.02. The summed E-state index contributed by atoms with van der Waals surface area (Å²) < 4.78 is 25.5. The summed E-state index contributed by atoms with van der Waals surface area (Å²) >= 11 is 0. The van der Waals surface area contributed by atoms with Gasteiger partial charge >= 0.3 is 0 Å². The van der Waals surface area contributed by atoms with Crippen LogP contribution in [0.3, 0.4) is 0 Å². The van der Waals surface area contributed by atoms with Gasteiger partial charge in [-0.2, -0.15) is 0 Å². The monoisotopic (exact) mass is 395 g/mol. The van der Waals surface area contributed by atoms with E-state index in [2.05, 4.69) is 5.32 Å². The van der Waals surface area contributed by atoms with Crippen molar-refractivity contribution in [2.45, 2.75) is 32.6 Å². The molecule has 2 amide bonds. The fourth-order valence-electron chi connectivity index (χ4n) is 3.58. The first kappa shape index (κ1) is 19.5. The Morgan fingerprint density at radius 2 is 2.04 bits per heavy atom. The fourth-order valence-corrected chi connectivity index (χ4v) is 5.14. The lowest BCUT2D eigenvalue weighted by molar-refractivity contribution is -0.134. The van der Waals surface area contributed by atoms with Gasteiger partial charge in [-0.3, -0.25) is 13.9 Å². The SMILES string of the molecule is CCC(=O)N1CCCC(C(=O)Nc2cc(N3CCCS3(=O)=O)ccc2O)C1. The van der Waals surface area contributed by atoms with Gasteiger partial charge in [0, 0.05) is 26.1 Å². The minimum Gasteiger partial charge on any atom is -0.506 e. The number of amides is 2. The average molecular weight is 395 g/mol. The maximum atomic E-state index is 12.6. The van der Waals surface area contributed by atoms with Crippen LogP contribution in [0.4, 0.5) is 11.4 Å². The van der Waals surface area contributed by atoms with Crippen LogP contribution < -0.4 is 9.62 Å². The van der Waals surface area contributed by atoms with Crippen molar-refractivity contribution in [3.05, 3.63) is 18.2 Å². The quantitative estimate of drug-likeness (QED) is 0.752.